The number of aryl methyl sites for hydroxylation is 1. The summed E-state index contributed by atoms with van der Waals surface area (Å²) in [6.07, 6.45) is 3.17. The van der Waals surface area contributed by atoms with Crippen molar-refractivity contribution in [2.45, 2.75) is 58.5 Å². The van der Waals surface area contributed by atoms with E-state index in [1.54, 1.807) is 0 Å². The highest BCUT2D eigenvalue weighted by Crippen LogP contribution is 2.21. The number of hydrogen-bond donors (Lipinski definition) is 2. The number of nitrogens with zero attached hydrogens (tertiary/aromatic N) is 3. The maximum absolute atomic E-state index is 12.4. The first-order valence-corrected chi connectivity index (χ1v) is 8.03. The number of carbonyl (C=O) groups is 1. The first-order valence-electron chi connectivity index (χ1n) is 8.03. The maximum atomic E-state index is 12.4. The average Bonchev–Trinajstić information content (AvgIpc) is 2.80. The Labute approximate surface area is 132 Å². The molecule has 1 atom stereocenters. The molecule has 1 amide bonds. The molecule has 0 bridgehead atoms. The number of carbonyl (C=O) groups excluding carboxylic acids is 1. The van der Waals surface area contributed by atoms with Crippen LogP contribution in [0.3, 0.4) is 0 Å². The van der Waals surface area contributed by atoms with Gasteiger partial charge in [0.15, 0.2) is 0 Å². The van der Waals surface area contributed by atoms with Crippen molar-refractivity contribution in [1.82, 2.24) is 14.7 Å². The van der Waals surface area contributed by atoms with Crippen molar-refractivity contribution < 1.29 is 9.90 Å². The number of nitrogens with one attached hydrogen (secondary N) is 1. The zero-order valence-electron chi connectivity index (χ0n) is 14.1. The standard InChI is InChI=1S/C16H28N4O2/c1-12-9-14(20(18-12)16(2,3)4)17-15(22)10-19-8-6-5-7-13(19)11-21/h9,13,21H,5-8,10-11H2,1-4H3,(H,17,22). The molecule has 124 valence electrons. The Morgan fingerprint density at radius 3 is 2.82 bits per heavy atom. The van der Waals surface area contributed by atoms with Crippen molar-refractivity contribution in [3.05, 3.63) is 11.8 Å². The third-order valence-electron chi connectivity index (χ3n) is 4.04. The van der Waals surface area contributed by atoms with Gasteiger partial charge in [-0.3, -0.25) is 9.69 Å². The van der Waals surface area contributed by atoms with E-state index in [0.29, 0.717) is 6.54 Å². The predicted molar refractivity (Wildman–Crippen MR) is 86.9 cm³/mol. The fourth-order valence-corrected chi connectivity index (χ4v) is 2.94. The minimum absolute atomic E-state index is 0.0502. The van der Waals surface area contributed by atoms with Crippen molar-refractivity contribution in [3.8, 4) is 0 Å². The number of anilines is 1. The van der Waals surface area contributed by atoms with Crippen LogP contribution in [0.2, 0.25) is 0 Å². The van der Waals surface area contributed by atoms with Gasteiger partial charge >= 0.3 is 0 Å². The lowest BCUT2D eigenvalue weighted by atomic mass is 10.0. The third kappa shape index (κ3) is 4.08. The topological polar surface area (TPSA) is 70.4 Å². The molecular formula is C16H28N4O2. The number of likely N-dealkylation sites (tertiary alicyclic amines) is 1. The molecule has 2 N–H and O–H groups in total. The lowest BCUT2D eigenvalue weighted by molar-refractivity contribution is -0.118. The molecule has 6 heteroatoms. The van der Waals surface area contributed by atoms with Crippen LogP contribution in [0.4, 0.5) is 5.82 Å². The van der Waals surface area contributed by atoms with E-state index in [9.17, 15) is 9.90 Å². The second kappa shape index (κ2) is 6.79. The van der Waals surface area contributed by atoms with Crippen molar-refractivity contribution in [2.75, 3.05) is 25.0 Å². The summed E-state index contributed by atoms with van der Waals surface area (Å²) in [5.41, 5.74) is 0.701. The molecule has 1 saturated heterocycles. The van der Waals surface area contributed by atoms with Gasteiger partial charge in [-0.2, -0.15) is 5.10 Å². The summed E-state index contributed by atoms with van der Waals surface area (Å²) in [6.45, 7) is 9.40. The highest BCUT2D eigenvalue weighted by atomic mass is 16.3. The normalized spacial score (nSPS) is 20.1. The molecule has 2 rings (SSSR count). The van der Waals surface area contributed by atoms with Gasteiger partial charge in [-0.15, -0.1) is 0 Å². The number of hydrogen-bond acceptors (Lipinski definition) is 4. The van der Waals surface area contributed by atoms with Crippen LogP contribution in [0.25, 0.3) is 0 Å². The van der Waals surface area contributed by atoms with Gasteiger partial charge in [0, 0.05) is 12.1 Å². The molecule has 0 radical (unpaired) electrons. The first kappa shape index (κ1) is 17.0. The van der Waals surface area contributed by atoms with Crippen LogP contribution in [0.15, 0.2) is 6.07 Å². The van der Waals surface area contributed by atoms with E-state index in [1.807, 2.05) is 17.7 Å². The molecule has 1 aliphatic rings. The van der Waals surface area contributed by atoms with Crippen molar-refractivity contribution in [1.29, 1.82) is 0 Å². The summed E-state index contributed by atoms with van der Waals surface area (Å²) in [5.74, 6) is 0.679. The van der Waals surface area contributed by atoms with Crippen LogP contribution in [-0.2, 0) is 10.3 Å². The third-order valence-corrected chi connectivity index (χ3v) is 4.04. The van der Waals surface area contributed by atoms with Gasteiger partial charge in [0.05, 0.1) is 24.4 Å². The van der Waals surface area contributed by atoms with E-state index in [4.69, 9.17) is 0 Å². The second-order valence-corrected chi connectivity index (χ2v) is 7.10. The Balaban J connectivity index is 2.03. The molecule has 1 aliphatic heterocycles. The molecule has 1 unspecified atom stereocenters. The summed E-state index contributed by atoms with van der Waals surface area (Å²) >= 11 is 0. The quantitative estimate of drug-likeness (QED) is 0.889. The van der Waals surface area contributed by atoms with E-state index in [2.05, 4.69) is 36.1 Å². The number of aliphatic hydroxyl groups is 1. The van der Waals surface area contributed by atoms with Crippen LogP contribution in [-0.4, -0.2) is 51.4 Å². The highest BCUT2D eigenvalue weighted by Gasteiger charge is 2.25. The van der Waals surface area contributed by atoms with Crippen molar-refractivity contribution >= 4 is 11.7 Å². The SMILES string of the molecule is Cc1cc(NC(=O)CN2CCCCC2CO)n(C(C)(C)C)n1. The number of rotatable bonds is 4. The van der Waals surface area contributed by atoms with Gasteiger partial charge < -0.3 is 10.4 Å². The molecule has 0 aromatic carbocycles. The molecule has 1 fully saturated rings. The molecular weight excluding hydrogens is 280 g/mol. The van der Waals surface area contributed by atoms with Gasteiger partial charge in [0.2, 0.25) is 5.91 Å². The Kier molecular flexibility index (Phi) is 5.24. The number of amides is 1. The van der Waals surface area contributed by atoms with Gasteiger partial charge in [0.25, 0.3) is 0 Å². The minimum atomic E-state index is -0.185. The van der Waals surface area contributed by atoms with Gasteiger partial charge in [0.1, 0.15) is 5.82 Å². The maximum Gasteiger partial charge on any atom is 0.239 e. The lowest BCUT2D eigenvalue weighted by Gasteiger charge is -2.33. The second-order valence-electron chi connectivity index (χ2n) is 7.10. The fourth-order valence-electron chi connectivity index (χ4n) is 2.94. The molecule has 1 aromatic heterocycles. The summed E-state index contributed by atoms with van der Waals surface area (Å²) in [6, 6.07) is 2.00. The minimum Gasteiger partial charge on any atom is -0.395 e. The van der Waals surface area contributed by atoms with E-state index >= 15 is 0 Å². The fraction of sp³-hybridized carbons (Fsp3) is 0.750. The smallest absolute Gasteiger partial charge is 0.239 e. The Hall–Kier alpha value is -1.40. The van der Waals surface area contributed by atoms with Crippen LogP contribution in [0.1, 0.15) is 45.7 Å². The molecule has 6 nitrogen and oxygen atoms in total. The van der Waals surface area contributed by atoms with E-state index in [1.165, 1.54) is 0 Å². The Morgan fingerprint density at radius 1 is 1.45 bits per heavy atom. The summed E-state index contributed by atoms with van der Waals surface area (Å²) in [4.78, 5) is 14.4. The van der Waals surface area contributed by atoms with Gasteiger partial charge in [-0.05, 0) is 47.1 Å². The first-order chi connectivity index (χ1) is 10.3. The Bertz CT molecular complexity index is 519. The number of piperidine rings is 1. The van der Waals surface area contributed by atoms with Gasteiger partial charge in [-0.25, -0.2) is 4.68 Å². The largest absolute Gasteiger partial charge is 0.395 e. The van der Waals surface area contributed by atoms with E-state index in [-0.39, 0.29) is 24.1 Å². The van der Waals surface area contributed by atoms with E-state index in [0.717, 1.165) is 37.3 Å². The summed E-state index contributed by atoms with van der Waals surface area (Å²) < 4.78 is 1.85. The lowest BCUT2D eigenvalue weighted by Crippen LogP contribution is -2.45. The van der Waals surface area contributed by atoms with Crippen LogP contribution in [0, 0.1) is 6.92 Å². The summed E-state index contributed by atoms with van der Waals surface area (Å²) in [7, 11) is 0. The molecule has 22 heavy (non-hydrogen) atoms. The monoisotopic (exact) mass is 308 g/mol. The highest BCUT2D eigenvalue weighted by molar-refractivity contribution is 5.91. The van der Waals surface area contributed by atoms with Crippen LogP contribution < -0.4 is 5.32 Å². The molecule has 0 saturated carbocycles. The van der Waals surface area contributed by atoms with Crippen molar-refractivity contribution in [2.24, 2.45) is 0 Å². The predicted octanol–water partition coefficient (Wildman–Crippen LogP) is 1.73. The average molecular weight is 308 g/mol. The number of aliphatic hydroxyl groups excluding tert-OH is 1. The van der Waals surface area contributed by atoms with Crippen molar-refractivity contribution in [3.63, 3.8) is 0 Å². The number of aromatic nitrogens is 2. The zero-order chi connectivity index (χ0) is 16.3. The molecule has 0 aliphatic carbocycles. The zero-order valence-corrected chi connectivity index (χ0v) is 14.1. The van der Waals surface area contributed by atoms with E-state index < -0.39 is 0 Å². The molecule has 2 heterocycles. The molecule has 0 spiro atoms. The summed E-state index contributed by atoms with van der Waals surface area (Å²) in [5, 5.41) is 16.9. The van der Waals surface area contributed by atoms with Crippen LogP contribution in [0.5, 0.6) is 0 Å². The Morgan fingerprint density at radius 2 is 2.18 bits per heavy atom. The van der Waals surface area contributed by atoms with Gasteiger partial charge in [-0.1, -0.05) is 6.42 Å². The van der Waals surface area contributed by atoms with Crippen LogP contribution >= 0.6 is 0 Å². The molecule has 1 aromatic rings.